The van der Waals surface area contributed by atoms with E-state index >= 15 is 0 Å². The Kier molecular flexibility index (Phi) is 4.12. The molecule has 25 heavy (non-hydrogen) atoms. The first-order valence-electron chi connectivity index (χ1n) is 7.74. The van der Waals surface area contributed by atoms with Crippen molar-refractivity contribution in [3.63, 3.8) is 0 Å². The van der Waals surface area contributed by atoms with Crippen LogP contribution in [0.2, 0.25) is 0 Å². The average molecular weight is 340 g/mol. The molecular weight excluding hydrogens is 323 g/mol. The van der Waals surface area contributed by atoms with Crippen LogP contribution in [0.25, 0.3) is 22.8 Å². The lowest BCUT2D eigenvalue weighted by atomic mass is 9.99. The third-order valence-electron chi connectivity index (χ3n) is 4.33. The number of nitrogens with zero attached hydrogens (tertiary/aromatic N) is 2. The zero-order valence-electron chi connectivity index (χ0n) is 14.3. The van der Waals surface area contributed by atoms with Crippen molar-refractivity contribution in [3.05, 3.63) is 57.9 Å². The van der Waals surface area contributed by atoms with Gasteiger partial charge in [-0.3, -0.25) is 0 Å². The molecule has 0 aliphatic heterocycles. The molecular formula is C19H17FN2O3. The minimum absolute atomic E-state index is 0.0805. The van der Waals surface area contributed by atoms with E-state index in [9.17, 15) is 9.18 Å². The molecule has 0 aliphatic rings. The van der Waals surface area contributed by atoms with Crippen molar-refractivity contribution in [3.8, 4) is 22.8 Å². The molecule has 0 spiro atoms. The van der Waals surface area contributed by atoms with E-state index in [-0.39, 0.29) is 22.8 Å². The second-order valence-corrected chi connectivity index (χ2v) is 6.08. The van der Waals surface area contributed by atoms with Gasteiger partial charge in [-0.2, -0.15) is 4.98 Å². The summed E-state index contributed by atoms with van der Waals surface area (Å²) in [6.45, 7) is 7.19. The molecule has 0 fully saturated rings. The van der Waals surface area contributed by atoms with E-state index in [0.717, 1.165) is 16.7 Å². The normalized spacial score (nSPS) is 10.9. The van der Waals surface area contributed by atoms with Gasteiger partial charge < -0.3 is 9.63 Å². The van der Waals surface area contributed by atoms with Gasteiger partial charge in [0, 0.05) is 5.56 Å². The van der Waals surface area contributed by atoms with Gasteiger partial charge >= 0.3 is 5.97 Å². The molecule has 0 radical (unpaired) electrons. The molecule has 6 heteroatoms. The van der Waals surface area contributed by atoms with Gasteiger partial charge in [0.05, 0.1) is 11.1 Å². The van der Waals surface area contributed by atoms with Gasteiger partial charge in [-0.05, 0) is 62.1 Å². The van der Waals surface area contributed by atoms with Gasteiger partial charge in [-0.25, -0.2) is 9.18 Å². The number of carboxylic acids is 1. The fraction of sp³-hybridized carbons (Fsp3) is 0.211. The van der Waals surface area contributed by atoms with E-state index in [4.69, 9.17) is 9.63 Å². The summed E-state index contributed by atoms with van der Waals surface area (Å²) in [5.74, 6) is -1.12. The highest BCUT2D eigenvalue weighted by molar-refractivity contribution is 5.89. The topological polar surface area (TPSA) is 76.2 Å². The summed E-state index contributed by atoms with van der Waals surface area (Å²) in [5, 5.41) is 13.1. The van der Waals surface area contributed by atoms with E-state index < -0.39 is 11.8 Å². The van der Waals surface area contributed by atoms with Gasteiger partial charge in [-0.1, -0.05) is 17.3 Å². The maximum atomic E-state index is 14.6. The van der Waals surface area contributed by atoms with E-state index in [1.165, 1.54) is 12.1 Å². The molecule has 128 valence electrons. The lowest BCUT2D eigenvalue weighted by molar-refractivity contribution is 0.0697. The average Bonchev–Trinajstić information content (AvgIpc) is 3.03. The molecule has 0 bridgehead atoms. The van der Waals surface area contributed by atoms with Gasteiger partial charge in [0.25, 0.3) is 5.89 Å². The first-order chi connectivity index (χ1) is 11.8. The molecule has 0 atom stereocenters. The van der Waals surface area contributed by atoms with Crippen LogP contribution < -0.4 is 0 Å². The van der Waals surface area contributed by atoms with Crippen LogP contribution in [0, 0.1) is 33.5 Å². The molecule has 2 aromatic carbocycles. The van der Waals surface area contributed by atoms with Crippen LogP contribution in [-0.4, -0.2) is 21.2 Å². The number of rotatable bonds is 3. The Morgan fingerprint density at radius 2 is 1.80 bits per heavy atom. The molecule has 0 aliphatic carbocycles. The number of benzene rings is 2. The molecule has 0 unspecified atom stereocenters. The van der Waals surface area contributed by atoms with Crippen LogP contribution in [0.5, 0.6) is 0 Å². The number of hydrogen-bond donors (Lipinski definition) is 1. The van der Waals surface area contributed by atoms with Crippen molar-refractivity contribution in [2.24, 2.45) is 0 Å². The fourth-order valence-electron chi connectivity index (χ4n) is 2.74. The SMILES string of the molecule is Cc1ccc(C(=O)O)cc1-c1noc(-c2c(C)c(C)cc(C)c2F)n1. The van der Waals surface area contributed by atoms with Gasteiger partial charge in [0.2, 0.25) is 5.82 Å². The van der Waals surface area contributed by atoms with Crippen molar-refractivity contribution in [1.82, 2.24) is 10.1 Å². The van der Waals surface area contributed by atoms with Crippen molar-refractivity contribution in [1.29, 1.82) is 0 Å². The standard InChI is InChI=1S/C19H17FN2O3/c1-9-5-6-13(19(23)24)8-14(9)17-21-18(25-22-17)15-12(4)10(2)7-11(3)16(15)20/h5-8H,1-4H3,(H,23,24). The first kappa shape index (κ1) is 16.8. The maximum Gasteiger partial charge on any atom is 0.335 e. The van der Waals surface area contributed by atoms with Crippen LogP contribution in [0.4, 0.5) is 4.39 Å². The Morgan fingerprint density at radius 3 is 2.48 bits per heavy atom. The van der Waals surface area contributed by atoms with Crippen molar-refractivity contribution in [2.75, 3.05) is 0 Å². The molecule has 5 nitrogen and oxygen atoms in total. The maximum absolute atomic E-state index is 14.6. The number of carboxylic acid groups (broad SMARTS) is 1. The number of carbonyl (C=O) groups is 1. The lowest BCUT2D eigenvalue weighted by Crippen LogP contribution is -1.98. The molecule has 0 amide bonds. The van der Waals surface area contributed by atoms with Crippen LogP contribution in [0.3, 0.4) is 0 Å². The van der Waals surface area contributed by atoms with Crippen LogP contribution >= 0.6 is 0 Å². The lowest BCUT2D eigenvalue weighted by Gasteiger charge is -2.09. The van der Waals surface area contributed by atoms with Gasteiger partial charge in [0.15, 0.2) is 0 Å². The molecule has 3 aromatic rings. The zero-order chi connectivity index (χ0) is 18.3. The number of aromatic nitrogens is 2. The fourth-order valence-corrected chi connectivity index (χ4v) is 2.74. The third-order valence-corrected chi connectivity index (χ3v) is 4.33. The first-order valence-corrected chi connectivity index (χ1v) is 7.74. The highest BCUT2D eigenvalue weighted by Crippen LogP contribution is 2.32. The highest BCUT2D eigenvalue weighted by atomic mass is 19.1. The van der Waals surface area contributed by atoms with Crippen LogP contribution in [0.15, 0.2) is 28.8 Å². The van der Waals surface area contributed by atoms with E-state index in [0.29, 0.717) is 11.1 Å². The van der Waals surface area contributed by atoms with Gasteiger partial charge in [-0.15, -0.1) is 0 Å². The summed E-state index contributed by atoms with van der Waals surface area (Å²) < 4.78 is 19.9. The van der Waals surface area contributed by atoms with Crippen molar-refractivity contribution >= 4 is 5.97 Å². The Bertz CT molecular complexity index is 966. The van der Waals surface area contributed by atoms with Crippen LogP contribution in [0.1, 0.15) is 32.6 Å². The Labute approximate surface area is 144 Å². The number of aryl methyl sites for hydroxylation is 3. The number of halogens is 1. The molecule has 1 aromatic heterocycles. The second kappa shape index (κ2) is 6.12. The summed E-state index contributed by atoms with van der Waals surface area (Å²) in [6.07, 6.45) is 0. The largest absolute Gasteiger partial charge is 0.478 e. The summed E-state index contributed by atoms with van der Waals surface area (Å²) in [4.78, 5) is 15.5. The highest BCUT2D eigenvalue weighted by Gasteiger charge is 2.21. The van der Waals surface area contributed by atoms with Crippen LogP contribution in [-0.2, 0) is 0 Å². The Hall–Kier alpha value is -3.02. The zero-order valence-corrected chi connectivity index (χ0v) is 14.3. The van der Waals surface area contributed by atoms with E-state index in [1.807, 2.05) is 13.8 Å². The Morgan fingerprint density at radius 1 is 1.08 bits per heavy atom. The minimum atomic E-state index is -1.04. The monoisotopic (exact) mass is 340 g/mol. The van der Waals surface area contributed by atoms with E-state index in [1.54, 1.807) is 26.0 Å². The van der Waals surface area contributed by atoms with E-state index in [2.05, 4.69) is 10.1 Å². The second-order valence-electron chi connectivity index (χ2n) is 6.08. The molecule has 1 heterocycles. The Balaban J connectivity index is 2.14. The predicted octanol–water partition coefficient (Wildman–Crippen LogP) is 4.47. The molecule has 3 rings (SSSR count). The minimum Gasteiger partial charge on any atom is -0.478 e. The molecule has 0 saturated carbocycles. The summed E-state index contributed by atoms with van der Waals surface area (Å²) in [7, 11) is 0. The molecule has 1 N–H and O–H groups in total. The smallest absolute Gasteiger partial charge is 0.335 e. The number of hydrogen-bond acceptors (Lipinski definition) is 4. The summed E-state index contributed by atoms with van der Waals surface area (Å²) in [5.41, 5.74) is 3.91. The quantitative estimate of drug-likeness (QED) is 0.761. The predicted molar refractivity (Wildman–Crippen MR) is 91.0 cm³/mol. The number of aromatic carboxylic acids is 1. The van der Waals surface area contributed by atoms with Gasteiger partial charge in [0.1, 0.15) is 5.82 Å². The summed E-state index contributed by atoms with van der Waals surface area (Å²) >= 11 is 0. The van der Waals surface area contributed by atoms with Crippen molar-refractivity contribution < 1.29 is 18.8 Å². The van der Waals surface area contributed by atoms with Crippen molar-refractivity contribution in [2.45, 2.75) is 27.7 Å². The molecule has 0 saturated heterocycles. The third kappa shape index (κ3) is 2.91. The summed E-state index contributed by atoms with van der Waals surface area (Å²) in [6, 6.07) is 6.44.